The highest BCUT2D eigenvalue weighted by Crippen LogP contribution is 2.22. The summed E-state index contributed by atoms with van der Waals surface area (Å²) in [5.41, 5.74) is 2.63. The predicted octanol–water partition coefficient (Wildman–Crippen LogP) is 2.22. The quantitative estimate of drug-likeness (QED) is 0.586. The van der Waals surface area contributed by atoms with Gasteiger partial charge in [0.2, 0.25) is 5.52 Å². The van der Waals surface area contributed by atoms with Crippen LogP contribution in [0.1, 0.15) is 18.4 Å². The molecule has 1 heterocycles. The molecule has 0 bridgehead atoms. The van der Waals surface area contributed by atoms with Crippen molar-refractivity contribution in [3.8, 4) is 0 Å². The van der Waals surface area contributed by atoms with Gasteiger partial charge in [0.1, 0.15) is 6.72 Å². The molecule has 0 fully saturated rings. The molecule has 1 unspecified atom stereocenters. The summed E-state index contributed by atoms with van der Waals surface area (Å²) in [6.07, 6.45) is 8.54. The number of allylic oxidation sites excluding steroid dienone is 2. The van der Waals surface area contributed by atoms with E-state index in [9.17, 15) is 0 Å². The minimum Gasteiger partial charge on any atom is -0.173 e. The number of nitrogens with zero attached hydrogens (tertiary/aromatic N) is 1. The summed E-state index contributed by atoms with van der Waals surface area (Å²) < 4.78 is 1.97. The molecular weight excluding hydrogens is 194 g/mol. The van der Waals surface area contributed by atoms with Gasteiger partial charge in [0.25, 0.3) is 0 Å². The average Bonchev–Trinajstić information content (AvgIpc) is 2.29. The van der Waals surface area contributed by atoms with E-state index < -0.39 is 0 Å². The van der Waals surface area contributed by atoms with E-state index in [1.54, 1.807) is 0 Å². The highest BCUT2D eigenvalue weighted by atomic mass is 14.8. The molecule has 1 aromatic heterocycles. The lowest BCUT2D eigenvalue weighted by atomic mass is 9.92. The Morgan fingerprint density at radius 3 is 3.00 bits per heavy atom. The van der Waals surface area contributed by atoms with E-state index in [4.69, 9.17) is 0 Å². The Bertz CT molecular complexity index is 695. The van der Waals surface area contributed by atoms with Crippen LogP contribution < -0.4 is 9.46 Å². The molecule has 0 spiro atoms. The first kappa shape index (κ1) is 9.34. The standard InChI is InChI=1S/C15H14N/c1-11-5-3-6-12-8-9-13-7-4-10-16(2)15(13)14(11)12/h3-11H,2H2,1H3/q+1. The maximum absolute atomic E-state index is 4.07. The highest BCUT2D eigenvalue weighted by molar-refractivity contribution is 5.80. The van der Waals surface area contributed by atoms with Crippen molar-refractivity contribution >= 4 is 17.0 Å². The molecule has 0 aliphatic heterocycles. The van der Waals surface area contributed by atoms with E-state index in [0.29, 0.717) is 5.92 Å². The van der Waals surface area contributed by atoms with Gasteiger partial charge in [-0.15, -0.1) is 0 Å². The molecule has 78 valence electrons. The molecule has 1 nitrogen and oxygen atoms in total. The number of fused-ring (bicyclic) bond motifs is 3. The second-order valence-corrected chi connectivity index (χ2v) is 4.32. The van der Waals surface area contributed by atoms with Crippen molar-refractivity contribution < 1.29 is 4.24 Å². The number of rotatable bonds is 0. The van der Waals surface area contributed by atoms with Crippen molar-refractivity contribution in [1.29, 1.82) is 0 Å². The molecule has 1 atom stereocenters. The van der Waals surface area contributed by atoms with E-state index in [0.717, 1.165) is 0 Å². The molecule has 16 heavy (non-hydrogen) atoms. The predicted molar refractivity (Wildman–Crippen MR) is 66.5 cm³/mol. The van der Waals surface area contributed by atoms with Crippen LogP contribution in [0, 0.1) is 6.72 Å². The Morgan fingerprint density at radius 2 is 2.12 bits per heavy atom. The van der Waals surface area contributed by atoms with Gasteiger partial charge in [-0.05, 0) is 17.4 Å². The van der Waals surface area contributed by atoms with Crippen LogP contribution in [-0.4, -0.2) is 0 Å². The topological polar surface area (TPSA) is 5.90 Å². The van der Waals surface area contributed by atoms with E-state index >= 15 is 0 Å². The summed E-state index contributed by atoms with van der Waals surface area (Å²) in [4.78, 5) is 0. The highest BCUT2D eigenvalue weighted by Gasteiger charge is 2.16. The summed E-state index contributed by atoms with van der Waals surface area (Å²) >= 11 is 0. The second kappa shape index (κ2) is 3.31. The van der Waals surface area contributed by atoms with Gasteiger partial charge in [0.05, 0.1) is 0 Å². The second-order valence-electron chi connectivity index (χ2n) is 4.32. The van der Waals surface area contributed by atoms with Gasteiger partial charge < -0.3 is 0 Å². The van der Waals surface area contributed by atoms with Gasteiger partial charge in [0.15, 0.2) is 6.20 Å². The summed E-state index contributed by atoms with van der Waals surface area (Å²) in [6, 6.07) is 8.53. The molecule has 1 aromatic carbocycles. The number of hydrogen-bond donors (Lipinski definition) is 0. The van der Waals surface area contributed by atoms with Crippen LogP contribution in [-0.2, 0) is 0 Å². The molecule has 1 heteroatoms. The lowest BCUT2D eigenvalue weighted by molar-refractivity contribution is -0.468. The van der Waals surface area contributed by atoms with Crippen molar-refractivity contribution in [2.45, 2.75) is 12.8 Å². The SMILES string of the molecule is C=[n+]1cccc2ccc3c(c21)C(C)C=CC=3. The summed E-state index contributed by atoms with van der Waals surface area (Å²) in [5, 5.41) is 2.57. The largest absolute Gasteiger partial charge is 0.221 e. The lowest BCUT2D eigenvalue weighted by Gasteiger charge is -2.11. The fourth-order valence-corrected chi connectivity index (χ4v) is 2.47. The smallest absolute Gasteiger partial charge is 0.173 e. The molecule has 1 aliphatic carbocycles. The molecule has 0 saturated carbocycles. The van der Waals surface area contributed by atoms with Crippen molar-refractivity contribution in [3.05, 3.63) is 60.1 Å². The normalized spacial score (nSPS) is 18.2. The minimum absolute atomic E-state index is 0.457. The number of hydrogen-bond acceptors (Lipinski definition) is 0. The van der Waals surface area contributed by atoms with Crippen molar-refractivity contribution in [2.75, 3.05) is 0 Å². The van der Waals surface area contributed by atoms with Crippen LogP contribution in [0.3, 0.4) is 0 Å². The Morgan fingerprint density at radius 1 is 1.25 bits per heavy atom. The fourth-order valence-electron chi connectivity index (χ4n) is 2.47. The van der Waals surface area contributed by atoms with E-state index in [1.807, 2.05) is 16.5 Å². The third kappa shape index (κ3) is 1.21. The zero-order chi connectivity index (χ0) is 11.1. The number of pyridine rings is 1. The molecule has 2 aromatic rings. The van der Waals surface area contributed by atoms with Gasteiger partial charge in [-0.2, -0.15) is 4.24 Å². The molecule has 1 aliphatic rings. The van der Waals surface area contributed by atoms with Crippen molar-refractivity contribution in [2.24, 2.45) is 0 Å². The van der Waals surface area contributed by atoms with Gasteiger partial charge in [-0.3, -0.25) is 0 Å². The lowest BCUT2D eigenvalue weighted by Crippen LogP contribution is -2.22. The van der Waals surface area contributed by atoms with E-state index in [1.165, 1.54) is 21.7 Å². The van der Waals surface area contributed by atoms with Crippen molar-refractivity contribution in [3.63, 3.8) is 0 Å². The first-order valence-corrected chi connectivity index (χ1v) is 5.57. The van der Waals surface area contributed by atoms with Crippen LogP contribution >= 0.6 is 0 Å². The first-order chi connectivity index (χ1) is 7.77. The minimum atomic E-state index is 0.457. The Balaban J connectivity index is 2.59. The molecular formula is C15H14N+. The Labute approximate surface area is 94.7 Å². The molecule has 0 N–H and O–H groups in total. The van der Waals surface area contributed by atoms with E-state index in [2.05, 4.69) is 50.1 Å². The average molecular weight is 208 g/mol. The van der Waals surface area contributed by atoms with Crippen LogP contribution in [0.2, 0.25) is 0 Å². The number of aromatic nitrogens is 1. The zero-order valence-corrected chi connectivity index (χ0v) is 9.35. The van der Waals surface area contributed by atoms with Crippen LogP contribution in [0.4, 0.5) is 0 Å². The van der Waals surface area contributed by atoms with Gasteiger partial charge >= 0.3 is 0 Å². The molecule has 3 rings (SSSR count). The summed E-state index contributed by atoms with van der Waals surface area (Å²) in [6.45, 7) is 6.30. The van der Waals surface area contributed by atoms with Crippen LogP contribution in [0.5, 0.6) is 0 Å². The van der Waals surface area contributed by atoms with Crippen LogP contribution in [0.15, 0.2) is 42.6 Å². The monoisotopic (exact) mass is 208 g/mol. The summed E-state index contributed by atoms with van der Waals surface area (Å²) in [5.74, 6) is 0.457. The zero-order valence-electron chi connectivity index (χ0n) is 9.35. The van der Waals surface area contributed by atoms with Gasteiger partial charge in [-0.1, -0.05) is 31.2 Å². The Kier molecular flexibility index (Phi) is 1.93. The third-order valence-electron chi connectivity index (χ3n) is 3.24. The third-order valence-corrected chi connectivity index (χ3v) is 3.24. The molecule has 0 amide bonds. The molecule has 0 saturated heterocycles. The van der Waals surface area contributed by atoms with Crippen molar-refractivity contribution in [1.82, 2.24) is 0 Å². The fraction of sp³-hybridized carbons (Fsp3) is 0.133. The van der Waals surface area contributed by atoms with Gasteiger partial charge in [0, 0.05) is 22.9 Å². The Hall–Kier alpha value is -1.89. The van der Waals surface area contributed by atoms with Gasteiger partial charge in [-0.25, -0.2) is 0 Å². The number of benzene rings is 1. The first-order valence-electron chi connectivity index (χ1n) is 5.57. The van der Waals surface area contributed by atoms with Crippen LogP contribution in [0.25, 0.3) is 17.0 Å². The van der Waals surface area contributed by atoms with E-state index in [-0.39, 0.29) is 0 Å². The maximum atomic E-state index is 4.07. The summed E-state index contributed by atoms with van der Waals surface area (Å²) in [7, 11) is 0. The maximum Gasteiger partial charge on any atom is 0.221 e. The molecule has 0 radical (unpaired) electrons.